The van der Waals surface area contributed by atoms with Crippen molar-refractivity contribution in [2.75, 3.05) is 0 Å². The number of halogens is 1. The van der Waals surface area contributed by atoms with E-state index >= 15 is 0 Å². The predicted molar refractivity (Wildman–Crippen MR) is 85.3 cm³/mol. The highest BCUT2D eigenvalue weighted by Crippen LogP contribution is 2.36. The molecule has 0 bridgehead atoms. The van der Waals surface area contributed by atoms with Crippen LogP contribution < -0.4 is 0 Å². The molecule has 0 spiro atoms. The molecule has 1 aromatic carbocycles. The molecular weight excluding hydrogens is 268 g/mol. The molecule has 0 N–H and O–H groups in total. The molecule has 0 radical (unpaired) electrons. The fourth-order valence-corrected chi connectivity index (χ4v) is 3.76. The first kappa shape index (κ1) is 13.9. The highest BCUT2D eigenvalue weighted by Gasteiger charge is 2.25. The number of fused-ring (bicyclic) bond motifs is 1. The van der Waals surface area contributed by atoms with Crippen molar-refractivity contribution in [1.29, 1.82) is 0 Å². The molecule has 1 aliphatic carbocycles. The van der Waals surface area contributed by atoms with Crippen LogP contribution in [0.3, 0.4) is 0 Å². The second kappa shape index (κ2) is 5.77. The van der Waals surface area contributed by atoms with Crippen molar-refractivity contribution >= 4 is 22.6 Å². The molecular formula is C17H23ClN2. The molecule has 1 fully saturated rings. The largest absolute Gasteiger partial charge is 0.324 e. The van der Waals surface area contributed by atoms with Crippen LogP contribution in [0.5, 0.6) is 0 Å². The van der Waals surface area contributed by atoms with Crippen LogP contribution in [0.2, 0.25) is 0 Å². The molecule has 0 aliphatic heterocycles. The van der Waals surface area contributed by atoms with Crippen LogP contribution in [0.4, 0.5) is 0 Å². The minimum atomic E-state index is 0.497. The quantitative estimate of drug-likeness (QED) is 0.547. The summed E-state index contributed by atoms with van der Waals surface area (Å²) < 4.78 is 2.44. The molecule has 3 rings (SSSR count). The van der Waals surface area contributed by atoms with Crippen molar-refractivity contribution in [2.45, 2.75) is 57.9 Å². The smallest absolute Gasteiger partial charge is 0.125 e. The first-order chi connectivity index (χ1) is 9.70. The Labute approximate surface area is 126 Å². The zero-order chi connectivity index (χ0) is 14.1. The zero-order valence-corrected chi connectivity index (χ0v) is 13.2. The topological polar surface area (TPSA) is 17.8 Å². The molecule has 0 saturated heterocycles. The molecule has 2 atom stereocenters. The first-order valence-electron chi connectivity index (χ1n) is 7.74. The summed E-state index contributed by atoms with van der Waals surface area (Å²) in [6, 6.07) is 7.07. The van der Waals surface area contributed by atoms with E-state index in [-0.39, 0.29) is 0 Å². The Kier molecular flexibility index (Phi) is 4.02. The Morgan fingerprint density at radius 1 is 1.25 bits per heavy atom. The van der Waals surface area contributed by atoms with Gasteiger partial charge >= 0.3 is 0 Å². The van der Waals surface area contributed by atoms with Crippen molar-refractivity contribution in [2.24, 2.45) is 5.92 Å². The normalized spacial score (nSPS) is 23.9. The van der Waals surface area contributed by atoms with Crippen molar-refractivity contribution in [3.05, 3.63) is 29.6 Å². The fraction of sp³-hybridized carbons (Fsp3) is 0.588. The lowest BCUT2D eigenvalue weighted by molar-refractivity contribution is 0.335. The fourth-order valence-electron chi connectivity index (χ4n) is 3.57. The van der Waals surface area contributed by atoms with E-state index in [1.165, 1.54) is 43.2 Å². The molecule has 1 heterocycles. The number of alkyl halides is 1. The number of rotatable bonds is 2. The lowest BCUT2D eigenvalue weighted by atomic mass is 9.96. The van der Waals surface area contributed by atoms with Crippen LogP contribution in [-0.4, -0.2) is 9.55 Å². The maximum Gasteiger partial charge on any atom is 0.125 e. The van der Waals surface area contributed by atoms with Gasteiger partial charge in [0.05, 0.1) is 16.9 Å². The second-order valence-electron chi connectivity index (χ2n) is 6.21. The lowest BCUT2D eigenvalue weighted by Crippen LogP contribution is -2.18. The van der Waals surface area contributed by atoms with Gasteiger partial charge in [-0.25, -0.2) is 4.98 Å². The summed E-state index contributed by atoms with van der Waals surface area (Å²) in [5, 5.41) is 0. The Hall–Kier alpha value is -1.02. The Morgan fingerprint density at radius 3 is 2.85 bits per heavy atom. The van der Waals surface area contributed by atoms with E-state index < -0.39 is 0 Å². The number of nitrogens with zero attached hydrogens (tertiary/aromatic N) is 2. The maximum absolute atomic E-state index is 6.17. The number of aryl methyl sites for hydroxylation is 1. The van der Waals surface area contributed by atoms with Crippen molar-refractivity contribution in [3.63, 3.8) is 0 Å². The molecule has 20 heavy (non-hydrogen) atoms. The van der Waals surface area contributed by atoms with Crippen LogP contribution in [-0.2, 0) is 5.88 Å². The van der Waals surface area contributed by atoms with Gasteiger partial charge in [0, 0.05) is 6.04 Å². The summed E-state index contributed by atoms with van der Waals surface area (Å²) in [6.07, 6.45) is 6.62. The van der Waals surface area contributed by atoms with Crippen LogP contribution >= 0.6 is 11.6 Å². The minimum Gasteiger partial charge on any atom is -0.324 e. The van der Waals surface area contributed by atoms with Gasteiger partial charge in [0.15, 0.2) is 0 Å². The van der Waals surface area contributed by atoms with Gasteiger partial charge in [-0.1, -0.05) is 32.3 Å². The predicted octanol–water partition coefficient (Wildman–Crippen LogP) is 5.22. The molecule has 2 nitrogen and oxygen atoms in total. The van der Waals surface area contributed by atoms with Crippen LogP contribution in [0.1, 0.15) is 56.5 Å². The van der Waals surface area contributed by atoms with Gasteiger partial charge in [-0.2, -0.15) is 0 Å². The van der Waals surface area contributed by atoms with Crippen LogP contribution in [0.25, 0.3) is 11.0 Å². The molecule has 1 aliphatic rings. The molecule has 0 amide bonds. The molecule has 2 unspecified atom stereocenters. The summed E-state index contributed by atoms with van der Waals surface area (Å²) in [7, 11) is 0. The van der Waals surface area contributed by atoms with Gasteiger partial charge in [-0.15, -0.1) is 11.6 Å². The molecule has 1 saturated carbocycles. The van der Waals surface area contributed by atoms with Gasteiger partial charge in [0.25, 0.3) is 0 Å². The SMILES string of the molecule is Cc1ccc2nc(CCl)n(C3CCCCCC3C)c2c1. The Balaban J connectivity index is 2.14. The highest BCUT2D eigenvalue weighted by atomic mass is 35.5. The maximum atomic E-state index is 6.17. The first-order valence-corrected chi connectivity index (χ1v) is 8.27. The number of imidazole rings is 1. The van der Waals surface area contributed by atoms with E-state index in [1.807, 2.05) is 0 Å². The average molecular weight is 291 g/mol. The molecule has 108 valence electrons. The molecule has 1 aromatic heterocycles. The van der Waals surface area contributed by atoms with Crippen LogP contribution in [0, 0.1) is 12.8 Å². The van der Waals surface area contributed by atoms with E-state index in [0.717, 1.165) is 11.3 Å². The summed E-state index contributed by atoms with van der Waals surface area (Å²) in [4.78, 5) is 4.74. The number of aromatic nitrogens is 2. The summed E-state index contributed by atoms with van der Waals surface area (Å²) in [6.45, 7) is 4.53. The van der Waals surface area contributed by atoms with E-state index in [2.05, 4.69) is 36.6 Å². The summed E-state index contributed by atoms with van der Waals surface area (Å²) in [5.41, 5.74) is 3.64. The molecule has 2 aromatic rings. The third-order valence-electron chi connectivity index (χ3n) is 4.69. The third kappa shape index (κ3) is 2.46. The zero-order valence-electron chi connectivity index (χ0n) is 12.4. The van der Waals surface area contributed by atoms with Gasteiger partial charge < -0.3 is 4.57 Å². The third-order valence-corrected chi connectivity index (χ3v) is 4.92. The van der Waals surface area contributed by atoms with Gasteiger partial charge in [0.1, 0.15) is 5.82 Å². The van der Waals surface area contributed by atoms with Crippen molar-refractivity contribution in [3.8, 4) is 0 Å². The Morgan fingerprint density at radius 2 is 2.05 bits per heavy atom. The van der Waals surface area contributed by atoms with Crippen molar-refractivity contribution < 1.29 is 0 Å². The second-order valence-corrected chi connectivity index (χ2v) is 6.47. The van der Waals surface area contributed by atoms with Gasteiger partial charge in [-0.05, 0) is 43.4 Å². The highest BCUT2D eigenvalue weighted by molar-refractivity contribution is 6.16. The van der Waals surface area contributed by atoms with E-state index in [9.17, 15) is 0 Å². The summed E-state index contributed by atoms with van der Waals surface area (Å²) in [5.74, 6) is 2.24. The van der Waals surface area contributed by atoms with Crippen LogP contribution in [0.15, 0.2) is 18.2 Å². The van der Waals surface area contributed by atoms with Gasteiger partial charge in [0.2, 0.25) is 0 Å². The number of hydrogen-bond donors (Lipinski definition) is 0. The average Bonchev–Trinajstić information content (AvgIpc) is 2.66. The number of benzene rings is 1. The van der Waals surface area contributed by atoms with E-state index in [4.69, 9.17) is 16.6 Å². The lowest BCUT2D eigenvalue weighted by Gasteiger charge is -2.25. The van der Waals surface area contributed by atoms with E-state index in [0.29, 0.717) is 17.8 Å². The minimum absolute atomic E-state index is 0.497. The Bertz CT molecular complexity index is 602. The standard InChI is InChI=1S/C17H23ClN2/c1-12-8-9-14-16(10-12)20(17(11-18)19-14)15-7-5-3-4-6-13(15)2/h8-10,13,15H,3-7,11H2,1-2H3. The van der Waals surface area contributed by atoms with Crippen molar-refractivity contribution in [1.82, 2.24) is 9.55 Å². The van der Waals surface area contributed by atoms with E-state index in [1.54, 1.807) is 0 Å². The molecule has 3 heteroatoms. The monoisotopic (exact) mass is 290 g/mol. The summed E-state index contributed by atoms with van der Waals surface area (Å²) >= 11 is 6.17. The van der Waals surface area contributed by atoms with Gasteiger partial charge in [-0.3, -0.25) is 0 Å². The number of hydrogen-bond acceptors (Lipinski definition) is 1.